The molecule has 1 aromatic heterocycles. The lowest BCUT2D eigenvalue weighted by molar-refractivity contribution is -0.114. The topological polar surface area (TPSA) is 103 Å². The molecule has 0 fully saturated rings. The monoisotopic (exact) mass is 568 g/mol. The summed E-state index contributed by atoms with van der Waals surface area (Å²) in [5.41, 5.74) is 1.06. The van der Waals surface area contributed by atoms with Crippen LogP contribution in [0.2, 0.25) is 0 Å². The van der Waals surface area contributed by atoms with Gasteiger partial charge in [0.15, 0.2) is 0 Å². The first-order chi connectivity index (χ1) is 19.8. The van der Waals surface area contributed by atoms with Crippen molar-refractivity contribution in [2.45, 2.75) is 11.8 Å². The molecular weight excluding hydrogens is 540 g/mol. The fraction of sp³-hybridized carbons (Fsp3) is 0.0968. The second-order valence-corrected chi connectivity index (χ2v) is 11.1. The molecule has 0 aliphatic carbocycles. The number of benzene rings is 4. The average molecular weight is 569 g/mol. The molecule has 5 aromatic rings. The van der Waals surface area contributed by atoms with Crippen molar-refractivity contribution in [3.63, 3.8) is 0 Å². The Bertz CT molecular complexity index is 1820. The highest BCUT2D eigenvalue weighted by molar-refractivity contribution is 7.92. The number of anilines is 2. The molecule has 0 saturated carbocycles. The number of hydrogen-bond acceptors (Lipinski definition) is 5. The van der Waals surface area contributed by atoms with Gasteiger partial charge < -0.3 is 10.1 Å². The van der Waals surface area contributed by atoms with Crippen molar-refractivity contribution in [2.75, 3.05) is 16.2 Å². The third-order valence-electron chi connectivity index (χ3n) is 6.54. The molecule has 41 heavy (non-hydrogen) atoms. The Labute approximate surface area is 237 Å². The van der Waals surface area contributed by atoms with Gasteiger partial charge in [-0.15, -0.1) is 0 Å². The van der Waals surface area contributed by atoms with Crippen LogP contribution in [0.5, 0.6) is 11.5 Å². The van der Waals surface area contributed by atoms with Gasteiger partial charge >= 0.3 is 0 Å². The van der Waals surface area contributed by atoms with E-state index in [9.17, 15) is 18.0 Å². The number of para-hydroxylation sites is 2. The minimum Gasteiger partial charge on any atom is -0.457 e. The molecule has 0 spiro atoms. The number of hydrogen-bond donors (Lipinski definition) is 1. The second-order valence-electron chi connectivity index (χ2n) is 9.22. The highest BCUT2D eigenvalue weighted by Gasteiger charge is 2.28. The second kappa shape index (κ2) is 11.6. The van der Waals surface area contributed by atoms with Crippen molar-refractivity contribution < 1.29 is 17.9 Å². The van der Waals surface area contributed by atoms with E-state index in [1.165, 1.54) is 16.8 Å². The minimum absolute atomic E-state index is 0.0275. The average Bonchev–Trinajstić information content (AvgIpc) is 3.20. The third-order valence-corrected chi connectivity index (χ3v) is 8.33. The van der Waals surface area contributed by atoms with Crippen LogP contribution in [0.25, 0.3) is 5.69 Å². The normalized spacial score (nSPS) is 11.2. The van der Waals surface area contributed by atoms with E-state index >= 15 is 0 Å². The number of nitrogens with one attached hydrogen (secondary N) is 1. The Morgan fingerprint density at radius 2 is 1.34 bits per heavy atom. The van der Waals surface area contributed by atoms with Gasteiger partial charge in [0, 0.05) is 7.05 Å². The van der Waals surface area contributed by atoms with E-state index in [1.54, 1.807) is 73.3 Å². The number of sulfonamides is 1. The molecule has 4 aromatic carbocycles. The number of amides is 1. The van der Waals surface area contributed by atoms with Crippen LogP contribution in [0, 0.1) is 6.92 Å². The van der Waals surface area contributed by atoms with Gasteiger partial charge in [0.2, 0.25) is 5.91 Å². The van der Waals surface area contributed by atoms with Gasteiger partial charge in [-0.05, 0) is 67.6 Å². The minimum atomic E-state index is -4.14. The Kier molecular flexibility index (Phi) is 7.75. The fourth-order valence-corrected chi connectivity index (χ4v) is 5.80. The molecule has 5 rings (SSSR count). The summed E-state index contributed by atoms with van der Waals surface area (Å²) < 4.78 is 37.4. The van der Waals surface area contributed by atoms with Crippen LogP contribution in [0.15, 0.2) is 125 Å². The lowest BCUT2D eigenvalue weighted by atomic mass is 10.3. The molecule has 0 aliphatic heterocycles. The molecule has 208 valence electrons. The summed E-state index contributed by atoms with van der Waals surface area (Å²) in [6.07, 6.45) is 0. The van der Waals surface area contributed by atoms with Crippen molar-refractivity contribution in [1.82, 2.24) is 9.36 Å². The summed E-state index contributed by atoms with van der Waals surface area (Å²) >= 11 is 0. The van der Waals surface area contributed by atoms with Crippen LogP contribution in [0.1, 0.15) is 5.69 Å². The van der Waals surface area contributed by atoms with Crippen LogP contribution in [0.4, 0.5) is 11.4 Å². The van der Waals surface area contributed by atoms with E-state index < -0.39 is 28.0 Å². The van der Waals surface area contributed by atoms with Crippen molar-refractivity contribution in [3.8, 4) is 17.2 Å². The van der Waals surface area contributed by atoms with Crippen LogP contribution >= 0.6 is 0 Å². The van der Waals surface area contributed by atoms with Crippen molar-refractivity contribution in [3.05, 3.63) is 131 Å². The molecule has 1 N–H and O–H groups in total. The molecule has 9 nitrogen and oxygen atoms in total. The predicted molar refractivity (Wildman–Crippen MR) is 158 cm³/mol. The van der Waals surface area contributed by atoms with Gasteiger partial charge in [0.25, 0.3) is 15.6 Å². The van der Waals surface area contributed by atoms with Crippen LogP contribution in [-0.2, 0) is 21.9 Å². The molecular formula is C31H28N4O5S. The SMILES string of the molecule is Cc1c(NC(=O)CN(c2ccc(Oc3ccccc3)cc2)S(=O)(=O)c2ccccc2)c(=O)n(-c2ccccc2)n1C. The summed E-state index contributed by atoms with van der Waals surface area (Å²) in [5.74, 6) is 0.468. The fourth-order valence-electron chi connectivity index (χ4n) is 4.36. The van der Waals surface area contributed by atoms with Gasteiger partial charge in [-0.1, -0.05) is 54.6 Å². The lowest BCUT2D eigenvalue weighted by Crippen LogP contribution is -2.38. The van der Waals surface area contributed by atoms with Gasteiger partial charge in [0.05, 0.1) is 22.0 Å². The molecule has 0 unspecified atom stereocenters. The molecule has 0 saturated heterocycles. The zero-order valence-electron chi connectivity index (χ0n) is 22.5. The Hall–Kier alpha value is -5.09. The van der Waals surface area contributed by atoms with Crippen molar-refractivity contribution in [1.29, 1.82) is 0 Å². The molecule has 0 bridgehead atoms. The van der Waals surface area contributed by atoms with Crippen LogP contribution < -0.4 is 19.9 Å². The first-order valence-electron chi connectivity index (χ1n) is 12.8. The highest BCUT2D eigenvalue weighted by atomic mass is 32.2. The summed E-state index contributed by atoms with van der Waals surface area (Å²) in [7, 11) is -2.42. The zero-order valence-corrected chi connectivity index (χ0v) is 23.3. The van der Waals surface area contributed by atoms with Crippen LogP contribution in [0.3, 0.4) is 0 Å². The maximum atomic E-state index is 13.7. The zero-order chi connectivity index (χ0) is 29.0. The van der Waals surface area contributed by atoms with Gasteiger partial charge in [-0.3, -0.25) is 18.6 Å². The predicted octanol–water partition coefficient (Wildman–Crippen LogP) is 5.11. The number of carbonyl (C=O) groups is 1. The Balaban J connectivity index is 1.45. The van der Waals surface area contributed by atoms with E-state index in [-0.39, 0.29) is 16.3 Å². The van der Waals surface area contributed by atoms with E-state index in [0.717, 1.165) is 4.31 Å². The molecule has 0 aliphatic rings. The van der Waals surface area contributed by atoms with Gasteiger partial charge in [-0.25, -0.2) is 13.1 Å². The van der Waals surface area contributed by atoms with E-state index in [4.69, 9.17) is 4.74 Å². The standard InChI is InChI=1S/C31H28N4O5S/c1-23-30(31(37)35(33(23)2)25-12-6-3-7-13-25)32-29(36)22-34(41(38,39)28-16-10-5-11-17-28)24-18-20-27(21-19-24)40-26-14-8-4-9-15-26/h3-21H,22H2,1-2H3,(H,32,36). The van der Waals surface area contributed by atoms with Gasteiger partial charge in [0.1, 0.15) is 23.7 Å². The van der Waals surface area contributed by atoms with E-state index in [1.807, 2.05) is 48.5 Å². The molecule has 10 heteroatoms. The summed E-state index contributed by atoms with van der Waals surface area (Å²) in [6.45, 7) is 1.15. The first kappa shape index (κ1) is 27.5. The van der Waals surface area contributed by atoms with Crippen molar-refractivity contribution >= 4 is 27.3 Å². The summed E-state index contributed by atoms with van der Waals surface area (Å²) in [5, 5.41) is 2.65. The Morgan fingerprint density at radius 1 is 0.805 bits per heavy atom. The number of nitrogens with zero attached hydrogens (tertiary/aromatic N) is 3. The van der Waals surface area contributed by atoms with Crippen LogP contribution in [-0.4, -0.2) is 30.2 Å². The van der Waals surface area contributed by atoms with Crippen molar-refractivity contribution in [2.24, 2.45) is 7.05 Å². The number of rotatable bonds is 9. The largest absolute Gasteiger partial charge is 0.457 e. The molecule has 1 heterocycles. The Morgan fingerprint density at radius 3 is 1.95 bits per heavy atom. The number of aromatic nitrogens is 2. The molecule has 0 radical (unpaired) electrons. The molecule has 0 atom stereocenters. The smallest absolute Gasteiger partial charge is 0.295 e. The lowest BCUT2D eigenvalue weighted by Gasteiger charge is -2.24. The summed E-state index contributed by atoms with van der Waals surface area (Å²) in [6, 6.07) is 32.5. The number of carbonyl (C=O) groups excluding carboxylic acids is 1. The van der Waals surface area contributed by atoms with Gasteiger partial charge in [-0.2, -0.15) is 0 Å². The quantitative estimate of drug-likeness (QED) is 0.266. The third kappa shape index (κ3) is 5.78. The highest BCUT2D eigenvalue weighted by Crippen LogP contribution is 2.28. The maximum Gasteiger partial charge on any atom is 0.295 e. The van der Waals surface area contributed by atoms with E-state index in [2.05, 4.69) is 5.32 Å². The van der Waals surface area contributed by atoms with E-state index in [0.29, 0.717) is 22.9 Å². The first-order valence-corrected chi connectivity index (χ1v) is 14.2. The maximum absolute atomic E-state index is 13.7. The summed E-state index contributed by atoms with van der Waals surface area (Å²) in [4.78, 5) is 26.7. The number of ether oxygens (including phenoxy) is 1. The molecule has 1 amide bonds.